The van der Waals surface area contributed by atoms with Crippen LogP contribution in [0.2, 0.25) is 4.34 Å². The van der Waals surface area contributed by atoms with E-state index in [0.717, 1.165) is 9.35 Å². The third-order valence-corrected chi connectivity index (χ3v) is 6.84. The van der Waals surface area contributed by atoms with Gasteiger partial charge >= 0.3 is 0 Å². The summed E-state index contributed by atoms with van der Waals surface area (Å²) >= 11 is 15.6. The standard InChI is InChI=1S/C9H4Br2ClFS2/c10-4-3-6(15-9(4)12)7(11)8-5(13)1-2-14-8/h1-3,7H. The van der Waals surface area contributed by atoms with E-state index in [-0.39, 0.29) is 10.6 Å². The molecule has 0 saturated carbocycles. The highest BCUT2D eigenvalue weighted by atomic mass is 79.9. The molecule has 0 bridgehead atoms. The van der Waals surface area contributed by atoms with Crippen molar-refractivity contribution in [1.82, 2.24) is 0 Å². The second kappa shape index (κ2) is 4.84. The van der Waals surface area contributed by atoms with Gasteiger partial charge in [0.05, 0.1) is 9.70 Å². The number of alkyl halides is 1. The molecule has 0 saturated heterocycles. The molecule has 1 unspecified atom stereocenters. The van der Waals surface area contributed by atoms with E-state index in [0.29, 0.717) is 9.21 Å². The zero-order valence-corrected chi connectivity index (χ0v) is 12.7. The molecule has 0 aliphatic carbocycles. The number of halogens is 4. The van der Waals surface area contributed by atoms with Gasteiger partial charge in [0.15, 0.2) is 0 Å². The summed E-state index contributed by atoms with van der Waals surface area (Å²) in [4.78, 5) is 1.56. The number of rotatable bonds is 2. The summed E-state index contributed by atoms with van der Waals surface area (Å²) in [6.07, 6.45) is 0. The van der Waals surface area contributed by atoms with Gasteiger partial charge in [-0.3, -0.25) is 0 Å². The van der Waals surface area contributed by atoms with Gasteiger partial charge in [-0.25, -0.2) is 4.39 Å². The van der Waals surface area contributed by atoms with Gasteiger partial charge in [-0.15, -0.1) is 22.7 Å². The summed E-state index contributed by atoms with van der Waals surface area (Å²) in [5.41, 5.74) is 0. The smallest absolute Gasteiger partial charge is 0.138 e. The minimum atomic E-state index is -0.178. The molecule has 2 heterocycles. The lowest BCUT2D eigenvalue weighted by Crippen LogP contribution is -1.87. The molecule has 6 heteroatoms. The van der Waals surface area contributed by atoms with Crippen molar-refractivity contribution in [1.29, 1.82) is 0 Å². The predicted molar refractivity (Wildman–Crippen MR) is 72.1 cm³/mol. The monoisotopic (exact) mass is 388 g/mol. The fourth-order valence-corrected chi connectivity index (χ4v) is 4.62. The van der Waals surface area contributed by atoms with E-state index >= 15 is 0 Å². The second-order valence-corrected chi connectivity index (χ2v) is 7.17. The van der Waals surface area contributed by atoms with Crippen molar-refractivity contribution in [3.63, 3.8) is 0 Å². The molecule has 0 aliphatic rings. The summed E-state index contributed by atoms with van der Waals surface area (Å²) < 4.78 is 14.9. The Labute approximate surface area is 116 Å². The van der Waals surface area contributed by atoms with Crippen LogP contribution < -0.4 is 0 Å². The van der Waals surface area contributed by atoms with Gasteiger partial charge in [0.1, 0.15) is 10.2 Å². The molecule has 1 atom stereocenters. The topological polar surface area (TPSA) is 0 Å². The first-order chi connectivity index (χ1) is 7.09. The van der Waals surface area contributed by atoms with Crippen molar-refractivity contribution in [2.45, 2.75) is 4.83 Å². The molecule has 0 radical (unpaired) electrons. The maximum atomic E-state index is 13.3. The predicted octanol–water partition coefficient (Wildman–Crippen LogP) is 5.85. The van der Waals surface area contributed by atoms with Crippen LogP contribution in [0, 0.1) is 5.82 Å². The van der Waals surface area contributed by atoms with Gasteiger partial charge in [0, 0.05) is 9.35 Å². The van der Waals surface area contributed by atoms with Gasteiger partial charge in [-0.2, -0.15) is 0 Å². The Kier molecular flexibility index (Phi) is 3.88. The molecule has 0 aromatic carbocycles. The Morgan fingerprint density at radius 2 is 2.20 bits per heavy atom. The summed E-state index contributed by atoms with van der Waals surface area (Å²) in [6, 6.07) is 3.38. The third-order valence-electron chi connectivity index (χ3n) is 1.79. The molecule has 0 spiro atoms. The van der Waals surface area contributed by atoms with Crippen LogP contribution in [0.15, 0.2) is 22.0 Å². The minimum Gasteiger partial charge on any atom is -0.206 e. The zero-order chi connectivity index (χ0) is 11.0. The van der Waals surface area contributed by atoms with Crippen molar-refractivity contribution in [2.24, 2.45) is 0 Å². The van der Waals surface area contributed by atoms with Crippen LogP contribution in [0.3, 0.4) is 0 Å². The van der Waals surface area contributed by atoms with Gasteiger partial charge in [0.2, 0.25) is 0 Å². The molecular weight excluding hydrogens is 386 g/mol. The highest BCUT2D eigenvalue weighted by Crippen LogP contribution is 2.43. The zero-order valence-electron chi connectivity index (χ0n) is 7.14. The van der Waals surface area contributed by atoms with E-state index in [1.807, 2.05) is 6.07 Å². The SMILES string of the molecule is Fc1ccsc1C(Br)c1cc(Br)c(Cl)s1. The first-order valence-electron chi connectivity index (χ1n) is 3.91. The van der Waals surface area contributed by atoms with Crippen molar-refractivity contribution in [3.05, 3.63) is 41.9 Å². The third kappa shape index (κ3) is 2.47. The van der Waals surface area contributed by atoms with Crippen LogP contribution in [0.5, 0.6) is 0 Å². The highest BCUT2D eigenvalue weighted by Gasteiger charge is 2.19. The lowest BCUT2D eigenvalue weighted by molar-refractivity contribution is 0.622. The van der Waals surface area contributed by atoms with E-state index < -0.39 is 0 Å². The van der Waals surface area contributed by atoms with Gasteiger partial charge in [-0.05, 0) is 33.4 Å². The Bertz CT molecular complexity index is 461. The lowest BCUT2D eigenvalue weighted by Gasteiger charge is -2.04. The maximum Gasteiger partial charge on any atom is 0.138 e. The first kappa shape index (κ1) is 12.0. The molecule has 2 rings (SSSR count). The Hall–Kier alpha value is 0.580. The van der Waals surface area contributed by atoms with E-state index in [1.54, 1.807) is 5.38 Å². The fraction of sp³-hybridized carbons (Fsp3) is 0.111. The number of hydrogen-bond acceptors (Lipinski definition) is 2. The summed E-state index contributed by atoms with van der Waals surface area (Å²) in [6.45, 7) is 0. The van der Waals surface area contributed by atoms with Gasteiger partial charge < -0.3 is 0 Å². The molecule has 15 heavy (non-hydrogen) atoms. The molecule has 0 aliphatic heterocycles. The highest BCUT2D eigenvalue weighted by molar-refractivity contribution is 9.10. The molecular formula is C9H4Br2ClFS2. The Balaban J connectivity index is 2.36. The average Bonchev–Trinajstić information content (AvgIpc) is 2.74. The average molecular weight is 391 g/mol. The lowest BCUT2D eigenvalue weighted by atomic mass is 10.3. The summed E-state index contributed by atoms with van der Waals surface area (Å²) in [5, 5.41) is 1.74. The van der Waals surface area contributed by atoms with E-state index in [1.165, 1.54) is 28.7 Å². The van der Waals surface area contributed by atoms with Crippen LogP contribution in [0.1, 0.15) is 14.6 Å². The molecule has 0 N–H and O–H groups in total. The van der Waals surface area contributed by atoms with Crippen molar-refractivity contribution >= 4 is 66.1 Å². The van der Waals surface area contributed by atoms with Crippen LogP contribution in [0.4, 0.5) is 4.39 Å². The second-order valence-electron chi connectivity index (χ2n) is 2.77. The maximum absolute atomic E-state index is 13.3. The Morgan fingerprint density at radius 3 is 2.67 bits per heavy atom. The minimum absolute atomic E-state index is 0.119. The molecule has 80 valence electrons. The molecule has 0 fully saturated rings. The van der Waals surface area contributed by atoms with Gasteiger partial charge in [0.25, 0.3) is 0 Å². The summed E-state index contributed by atoms with van der Waals surface area (Å²) in [5.74, 6) is -0.178. The van der Waals surface area contributed by atoms with Crippen molar-refractivity contribution in [2.75, 3.05) is 0 Å². The molecule has 0 nitrogen and oxygen atoms in total. The van der Waals surface area contributed by atoms with E-state index in [9.17, 15) is 4.39 Å². The number of thiophene rings is 2. The van der Waals surface area contributed by atoms with Crippen molar-refractivity contribution in [3.8, 4) is 0 Å². The Morgan fingerprint density at radius 1 is 1.47 bits per heavy atom. The number of hydrogen-bond donors (Lipinski definition) is 0. The van der Waals surface area contributed by atoms with Gasteiger partial charge in [-0.1, -0.05) is 27.5 Å². The summed E-state index contributed by atoms with van der Waals surface area (Å²) in [7, 11) is 0. The normalized spacial score (nSPS) is 13.1. The van der Waals surface area contributed by atoms with Crippen LogP contribution in [-0.2, 0) is 0 Å². The largest absolute Gasteiger partial charge is 0.206 e. The van der Waals surface area contributed by atoms with E-state index in [4.69, 9.17) is 11.6 Å². The van der Waals surface area contributed by atoms with Crippen LogP contribution in [-0.4, -0.2) is 0 Å². The molecule has 2 aromatic heterocycles. The van der Waals surface area contributed by atoms with Crippen molar-refractivity contribution < 1.29 is 4.39 Å². The molecule has 0 amide bonds. The molecule has 2 aromatic rings. The van der Waals surface area contributed by atoms with Crippen LogP contribution >= 0.6 is 66.1 Å². The fourth-order valence-electron chi connectivity index (χ4n) is 1.10. The van der Waals surface area contributed by atoms with Crippen LogP contribution in [0.25, 0.3) is 0 Å². The van der Waals surface area contributed by atoms with E-state index in [2.05, 4.69) is 31.9 Å². The first-order valence-corrected chi connectivity index (χ1v) is 7.69. The quantitative estimate of drug-likeness (QED) is 0.564.